The van der Waals surface area contributed by atoms with Gasteiger partial charge in [-0.25, -0.2) is 0 Å². The quantitative estimate of drug-likeness (QED) is 0.428. The average molecular weight is 252 g/mol. The molecule has 0 saturated heterocycles. The summed E-state index contributed by atoms with van der Waals surface area (Å²) in [6, 6.07) is 0. The first-order chi connectivity index (χ1) is 5.59. The van der Waals surface area contributed by atoms with Crippen LogP contribution in [0.5, 0.6) is 0 Å². The van der Waals surface area contributed by atoms with Crippen LogP contribution in [0.3, 0.4) is 0 Å². The zero-order chi connectivity index (χ0) is 9.14. The molecule has 0 aromatic rings. The Labute approximate surface area is 83.8 Å². The summed E-state index contributed by atoms with van der Waals surface area (Å²) in [5.74, 6) is 0.586. The predicted molar refractivity (Wildman–Crippen MR) is 53.0 cm³/mol. The SMILES string of the molecule is C=C1CC(CS(=O)[O-])CCC1Br. The maximum Gasteiger partial charge on any atom is 0.0352 e. The molecule has 12 heavy (non-hydrogen) atoms. The average Bonchev–Trinajstić information content (AvgIpc) is 1.96. The summed E-state index contributed by atoms with van der Waals surface area (Å²) in [4.78, 5) is 0.397. The van der Waals surface area contributed by atoms with Crippen LogP contribution >= 0.6 is 15.9 Å². The van der Waals surface area contributed by atoms with Crippen LogP contribution in [-0.4, -0.2) is 19.3 Å². The molecule has 1 aliphatic rings. The van der Waals surface area contributed by atoms with E-state index in [1.165, 1.54) is 0 Å². The molecular formula is C8H12BrO2S-. The van der Waals surface area contributed by atoms with Crippen molar-refractivity contribution in [2.75, 3.05) is 5.75 Å². The molecule has 1 saturated carbocycles. The Balaban J connectivity index is 2.40. The maximum atomic E-state index is 10.4. The van der Waals surface area contributed by atoms with E-state index < -0.39 is 11.1 Å². The zero-order valence-corrected chi connectivity index (χ0v) is 9.20. The smallest absolute Gasteiger partial charge is 0.0352 e. The molecule has 4 heteroatoms. The summed E-state index contributed by atoms with van der Waals surface area (Å²) >= 11 is 1.60. The molecule has 0 spiro atoms. The Morgan fingerprint density at radius 2 is 2.33 bits per heavy atom. The van der Waals surface area contributed by atoms with Gasteiger partial charge in [0.15, 0.2) is 0 Å². The van der Waals surface area contributed by atoms with Crippen molar-refractivity contribution in [1.29, 1.82) is 0 Å². The summed E-state index contributed by atoms with van der Waals surface area (Å²) in [5, 5.41) is 0. The van der Waals surface area contributed by atoms with E-state index in [9.17, 15) is 8.76 Å². The third-order valence-electron chi connectivity index (χ3n) is 2.19. The van der Waals surface area contributed by atoms with Gasteiger partial charge in [-0.15, -0.1) is 0 Å². The lowest BCUT2D eigenvalue weighted by molar-refractivity contribution is 0.448. The van der Waals surface area contributed by atoms with Crippen LogP contribution in [0.25, 0.3) is 0 Å². The maximum absolute atomic E-state index is 10.4. The number of rotatable bonds is 2. The number of hydrogen-bond donors (Lipinski definition) is 0. The van der Waals surface area contributed by atoms with E-state index in [4.69, 9.17) is 0 Å². The van der Waals surface area contributed by atoms with Gasteiger partial charge in [0.1, 0.15) is 0 Å². The lowest BCUT2D eigenvalue weighted by atomic mass is 9.87. The number of hydrogen-bond acceptors (Lipinski definition) is 2. The fourth-order valence-electron chi connectivity index (χ4n) is 1.52. The predicted octanol–water partition coefficient (Wildman–Crippen LogP) is 1.99. The highest BCUT2D eigenvalue weighted by Crippen LogP contribution is 2.32. The summed E-state index contributed by atoms with van der Waals surface area (Å²) in [6.45, 7) is 3.90. The minimum Gasteiger partial charge on any atom is -0.772 e. The van der Waals surface area contributed by atoms with Crippen molar-refractivity contribution in [2.24, 2.45) is 5.92 Å². The van der Waals surface area contributed by atoms with E-state index in [-0.39, 0.29) is 0 Å². The molecule has 1 aliphatic carbocycles. The second kappa shape index (κ2) is 4.53. The van der Waals surface area contributed by atoms with Gasteiger partial charge in [0.2, 0.25) is 0 Å². The van der Waals surface area contributed by atoms with Crippen LogP contribution in [0, 0.1) is 5.92 Å². The normalized spacial score (nSPS) is 33.3. The summed E-state index contributed by atoms with van der Waals surface area (Å²) in [7, 11) is 0. The van der Waals surface area contributed by atoms with Gasteiger partial charge >= 0.3 is 0 Å². The highest BCUT2D eigenvalue weighted by molar-refractivity contribution is 9.09. The van der Waals surface area contributed by atoms with Gasteiger partial charge in [0.25, 0.3) is 0 Å². The van der Waals surface area contributed by atoms with Gasteiger partial charge in [0, 0.05) is 10.6 Å². The van der Waals surface area contributed by atoms with Crippen LogP contribution in [0.1, 0.15) is 19.3 Å². The van der Waals surface area contributed by atoms with Crippen molar-refractivity contribution in [2.45, 2.75) is 24.1 Å². The standard InChI is InChI=1S/C8H13BrO2S/c1-6-4-7(5-12(10)11)2-3-8(6)9/h7-8H,1-5H2,(H,10,11)/p-1. The lowest BCUT2D eigenvalue weighted by Crippen LogP contribution is -2.20. The molecule has 0 bridgehead atoms. The molecule has 70 valence electrons. The molecule has 0 N–H and O–H groups in total. The van der Waals surface area contributed by atoms with E-state index in [0.717, 1.165) is 24.8 Å². The number of alkyl halides is 1. The van der Waals surface area contributed by atoms with Crippen molar-refractivity contribution in [1.82, 2.24) is 0 Å². The van der Waals surface area contributed by atoms with Gasteiger partial charge in [0.05, 0.1) is 0 Å². The Bertz CT molecular complexity index is 205. The first-order valence-corrected chi connectivity index (χ1v) is 6.13. The lowest BCUT2D eigenvalue weighted by Gasteiger charge is -2.27. The topological polar surface area (TPSA) is 40.1 Å². The van der Waals surface area contributed by atoms with Crippen molar-refractivity contribution in [3.05, 3.63) is 12.2 Å². The van der Waals surface area contributed by atoms with Gasteiger partial charge in [-0.1, -0.05) is 39.2 Å². The first-order valence-electron chi connectivity index (χ1n) is 3.97. The highest BCUT2D eigenvalue weighted by atomic mass is 79.9. The van der Waals surface area contributed by atoms with E-state index in [2.05, 4.69) is 22.5 Å². The number of halogens is 1. The van der Waals surface area contributed by atoms with Crippen LogP contribution in [0.15, 0.2) is 12.2 Å². The molecular weight excluding hydrogens is 240 g/mol. The molecule has 3 unspecified atom stereocenters. The van der Waals surface area contributed by atoms with Crippen LogP contribution in [0.4, 0.5) is 0 Å². The number of allylic oxidation sites excluding steroid dienone is 1. The highest BCUT2D eigenvalue weighted by Gasteiger charge is 2.21. The van der Waals surface area contributed by atoms with E-state index in [0.29, 0.717) is 16.5 Å². The van der Waals surface area contributed by atoms with Crippen molar-refractivity contribution in [3.8, 4) is 0 Å². The zero-order valence-electron chi connectivity index (χ0n) is 6.79. The summed E-state index contributed by atoms with van der Waals surface area (Å²) in [6.07, 6.45) is 2.85. The molecule has 0 aromatic carbocycles. The van der Waals surface area contributed by atoms with E-state index in [1.54, 1.807) is 0 Å². The summed E-state index contributed by atoms with van der Waals surface area (Å²) in [5.41, 5.74) is 1.14. The first kappa shape index (κ1) is 10.4. The second-order valence-electron chi connectivity index (χ2n) is 3.24. The minimum absolute atomic E-state index is 0.290. The largest absolute Gasteiger partial charge is 0.772 e. The van der Waals surface area contributed by atoms with E-state index >= 15 is 0 Å². The Morgan fingerprint density at radius 1 is 1.67 bits per heavy atom. The Hall–Kier alpha value is 0.330. The third-order valence-corrected chi connectivity index (χ3v) is 4.04. The van der Waals surface area contributed by atoms with Crippen molar-refractivity contribution in [3.63, 3.8) is 0 Å². The monoisotopic (exact) mass is 251 g/mol. The van der Waals surface area contributed by atoms with Gasteiger partial charge in [-0.3, -0.25) is 4.21 Å². The summed E-state index contributed by atoms with van der Waals surface area (Å²) < 4.78 is 20.8. The molecule has 1 fully saturated rings. The molecule has 0 radical (unpaired) electrons. The van der Waals surface area contributed by atoms with Gasteiger partial charge in [-0.2, -0.15) is 0 Å². The van der Waals surface area contributed by atoms with Gasteiger partial charge in [-0.05, 0) is 25.2 Å². The Morgan fingerprint density at radius 3 is 2.83 bits per heavy atom. The molecule has 0 aliphatic heterocycles. The fourth-order valence-corrected chi connectivity index (χ4v) is 2.64. The molecule has 0 amide bonds. The van der Waals surface area contributed by atoms with E-state index in [1.807, 2.05) is 0 Å². The van der Waals surface area contributed by atoms with Crippen LogP contribution in [0.2, 0.25) is 0 Å². The second-order valence-corrected chi connectivity index (χ2v) is 5.29. The Kier molecular flexibility index (Phi) is 3.93. The molecule has 0 heterocycles. The van der Waals surface area contributed by atoms with Crippen LogP contribution < -0.4 is 0 Å². The molecule has 2 nitrogen and oxygen atoms in total. The van der Waals surface area contributed by atoms with Crippen molar-refractivity contribution < 1.29 is 8.76 Å². The third kappa shape index (κ3) is 2.99. The fraction of sp³-hybridized carbons (Fsp3) is 0.750. The molecule has 3 atom stereocenters. The van der Waals surface area contributed by atoms with Crippen LogP contribution in [-0.2, 0) is 11.1 Å². The van der Waals surface area contributed by atoms with Crippen molar-refractivity contribution >= 4 is 27.0 Å². The minimum atomic E-state index is -1.90. The molecule has 0 aromatic heterocycles. The molecule has 1 rings (SSSR count). The van der Waals surface area contributed by atoms with Gasteiger partial charge < -0.3 is 4.55 Å².